The van der Waals surface area contributed by atoms with Crippen LogP contribution in [-0.2, 0) is 4.79 Å². The van der Waals surface area contributed by atoms with Crippen LogP contribution in [0.1, 0.15) is 17.5 Å². The van der Waals surface area contributed by atoms with E-state index in [1.54, 1.807) is 0 Å². The van der Waals surface area contributed by atoms with E-state index in [-0.39, 0.29) is 11.7 Å². The third-order valence-electron chi connectivity index (χ3n) is 4.53. The summed E-state index contributed by atoms with van der Waals surface area (Å²) in [5.74, 6) is 0.213. The van der Waals surface area contributed by atoms with Crippen molar-refractivity contribution < 1.29 is 4.79 Å². The molecule has 1 amide bonds. The zero-order valence-electron chi connectivity index (χ0n) is 16.4. The van der Waals surface area contributed by atoms with Crippen LogP contribution in [0, 0.1) is 6.92 Å². The Labute approximate surface area is 185 Å². The number of halogens is 1. The molecule has 1 aliphatic heterocycles. The molecule has 0 aliphatic carbocycles. The van der Waals surface area contributed by atoms with Gasteiger partial charge >= 0.3 is 0 Å². The van der Waals surface area contributed by atoms with Crippen LogP contribution >= 0.6 is 23.4 Å². The highest BCUT2D eigenvalue weighted by Crippen LogP contribution is 2.33. The zero-order valence-corrected chi connectivity index (χ0v) is 18.0. The summed E-state index contributed by atoms with van der Waals surface area (Å²) < 4.78 is 0. The molecule has 3 aromatic rings. The fourth-order valence-electron chi connectivity index (χ4n) is 3.14. The van der Waals surface area contributed by atoms with Gasteiger partial charge < -0.3 is 5.32 Å². The molecule has 0 saturated carbocycles. The maximum atomic E-state index is 12.5. The summed E-state index contributed by atoms with van der Waals surface area (Å²) in [6.45, 7) is 2.00. The average molecular weight is 434 g/mol. The molecule has 0 spiro atoms. The Balaban J connectivity index is 1.53. The summed E-state index contributed by atoms with van der Waals surface area (Å²) in [6, 6.07) is 23.2. The minimum absolute atomic E-state index is 0.0629. The van der Waals surface area contributed by atoms with Gasteiger partial charge in [-0.1, -0.05) is 48.0 Å². The lowest BCUT2D eigenvalue weighted by Crippen LogP contribution is -2.16. The first-order chi connectivity index (χ1) is 14.6. The molecule has 30 heavy (non-hydrogen) atoms. The Morgan fingerprint density at radius 2 is 1.77 bits per heavy atom. The molecule has 0 radical (unpaired) electrons. The number of anilines is 1. The quantitative estimate of drug-likeness (QED) is 0.505. The van der Waals surface area contributed by atoms with Crippen LogP contribution in [0.15, 0.2) is 82.8 Å². The maximum Gasteiger partial charge on any atom is 0.234 e. The molecular weight excluding hydrogens is 414 g/mol. The Morgan fingerprint density at radius 3 is 2.53 bits per heavy atom. The van der Waals surface area contributed by atoms with Gasteiger partial charge in [0.1, 0.15) is 0 Å². The third-order valence-corrected chi connectivity index (χ3v) is 5.74. The van der Waals surface area contributed by atoms with E-state index in [2.05, 4.69) is 5.32 Å². The summed E-state index contributed by atoms with van der Waals surface area (Å²) in [6.07, 6.45) is 0.539. The molecule has 1 heterocycles. The molecule has 0 saturated heterocycles. The predicted molar refractivity (Wildman–Crippen MR) is 128 cm³/mol. The first kappa shape index (κ1) is 20.4. The van der Waals surface area contributed by atoms with Crippen molar-refractivity contribution in [2.75, 3.05) is 11.1 Å². The number of carbonyl (C=O) groups is 1. The van der Waals surface area contributed by atoms with Gasteiger partial charge in [0, 0.05) is 17.1 Å². The molecule has 0 atom stereocenters. The van der Waals surface area contributed by atoms with E-state index in [0.717, 1.165) is 38.9 Å². The summed E-state index contributed by atoms with van der Waals surface area (Å²) >= 11 is 7.62. The van der Waals surface area contributed by atoms with Crippen molar-refractivity contribution in [2.45, 2.75) is 13.3 Å². The monoisotopic (exact) mass is 433 g/mol. The van der Waals surface area contributed by atoms with Gasteiger partial charge in [0.15, 0.2) is 0 Å². The van der Waals surface area contributed by atoms with Crippen LogP contribution in [0.5, 0.6) is 0 Å². The number of aliphatic imine (C=N–C) groups is 2. The molecule has 1 N–H and O–H groups in total. The number of carbonyl (C=O) groups excluding carboxylic acids is 1. The van der Waals surface area contributed by atoms with Crippen molar-refractivity contribution in [1.29, 1.82) is 0 Å². The van der Waals surface area contributed by atoms with Gasteiger partial charge in [-0.05, 0) is 54.4 Å². The number of rotatable bonds is 4. The van der Waals surface area contributed by atoms with Gasteiger partial charge in [-0.3, -0.25) is 9.79 Å². The topological polar surface area (TPSA) is 53.8 Å². The minimum Gasteiger partial charge on any atom is -0.325 e. The van der Waals surface area contributed by atoms with Crippen LogP contribution in [0.25, 0.3) is 0 Å². The van der Waals surface area contributed by atoms with Gasteiger partial charge in [0.05, 0.1) is 27.9 Å². The Bertz CT molecular complexity index is 1160. The second kappa shape index (κ2) is 9.28. The highest BCUT2D eigenvalue weighted by Gasteiger charge is 2.17. The highest BCUT2D eigenvalue weighted by molar-refractivity contribution is 8.14. The lowest BCUT2D eigenvalue weighted by Gasteiger charge is -2.09. The van der Waals surface area contributed by atoms with Crippen molar-refractivity contribution in [2.24, 2.45) is 9.98 Å². The number of hydrogen-bond donors (Lipinski definition) is 1. The molecule has 0 bridgehead atoms. The molecule has 1 aliphatic rings. The molecular formula is C24H20ClN3OS. The van der Waals surface area contributed by atoms with Crippen molar-refractivity contribution in [3.63, 3.8) is 0 Å². The van der Waals surface area contributed by atoms with E-state index in [9.17, 15) is 4.79 Å². The molecule has 6 heteroatoms. The lowest BCUT2D eigenvalue weighted by atomic mass is 10.1. The largest absolute Gasteiger partial charge is 0.325 e. The van der Waals surface area contributed by atoms with Crippen LogP contribution in [0.2, 0.25) is 5.02 Å². The van der Waals surface area contributed by atoms with Crippen molar-refractivity contribution in [3.05, 3.63) is 88.9 Å². The summed E-state index contributed by atoms with van der Waals surface area (Å²) in [4.78, 5) is 22.1. The fraction of sp³-hybridized carbons (Fsp3) is 0.125. The van der Waals surface area contributed by atoms with E-state index in [1.165, 1.54) is 11.8 Å². The van der Waals surface area contributed by atoms with Gasteiger partial charge in [-0.15, -0.1) is 11.8 Å². The molecule has 4 rings (SSSR count). The Hall–Kier alpha value is -2.89. The van der Waals surface area contributed by atoms with E-state index in [0.29, 0.717) is 11.4 Å². The van der Waals surface area contributed by atoms with Crippen LogP contribution < -0.4 is 5.32 Å². The minimum atomic E-state index is -0.0629. The van der Waals surface area contributed by atoms with Crippen molar-refractivity contribution >= 4 is 57.1 Å². The van der Waals surface area contributed by atoms with Crippen LogP contribution in [-0.4, -0.2) is 22.4 Å². The number of nitrogens with zero attached hydrogens (tertiary/aromatic N) is 2. The maximum absolute atomic E-state index is 12.5. The van der Waals surface area contributed by atoms with Crippen molar-refractivity contribution in [1.82, 2.24) is 0 Å². The number of aryl methyl sites for hydroxylation is 1. The van der Waals surface area contributed by atoms with Gasteiger partial charge in [0.25, 0.3) is 0 Å². The van der Waals surface area contributed by atoms with Crippen LogP contribution in [0.3, 0.4) is 0 Å². The number of hydrogen-bond acceptors (Lipinski definition) is 4. The first-order valence-electron chi connectivity index (χ1n) is 9.56. The third kappa shape index (κ3) is 5.17. The zero-order chi connectivity index (χ0) is 20.9. The van der Waals surface area contributed by atoms with Gasteiger partial charge in [0.2, 0.25) is 5.91 Å². The molecule has 0 unspecified atom stereocenters. The van der Waals surface area contributed by atoms with E-state index in [1.807, 2.05) is 79.7 Å². The summed E-state index contributed by atoms with van der Waals surface area (Å²) in [5, 5.41) is 4.45. The number of amides is 1. The molecule has 4 nitrogen and oxygen atoms in total. The lowest BCUT2D eigenvalue weighted by molar-refractivity contribution is -0.113. The number of fused-ring (bicyclic) bond motifs is 1. The average Bonchev–Trinajstić information content (AvgIpc) is 2.91. The van der Waals surface area contributed by atoms with E-state index in [4.69, 9.17) is 21.6 Å². The Morgan fingerprint density at radius 1 is 1.00 bits per heavy atom. The van der Waals surface area contributed by atoms with Crippen LogP contribution in [0.4, 0.5) is 17.1 Å². The molecule has 3 aromatic carbocycles. The molecule has 150 valence electrons. The standard InChI is InChI=1S/C24H20ClN3OS/c1-16-6-4-9-19(12-16)26-23(29)15-30-24-14-22(17-7-5-8-18(25)13-17)27-20-10-2-3-11-21(20)28-24/h2-13H,14-15H2,1H3,(H,26,29). The van der Waals surface area contributed by atoms with Gasteiger partial charge in [-0.2, -0.15) is 0 Å². The smallest absolute Gasteiger partial charge is 0.234 e. The fourth-order valence-corrected chi connectivity index (χ4v) is 4.10. The summed E-state index contributed by atoms with van der Waals surface area (Å²) in [5.41, 5.74) is 5.36. The predicted octanol–water partition coefficient (Wildman–Crippen LogP) is 6.57. The number of nitrogens with one attached hydrogen (secondary N) is 1. The number of para-hydroxylation sites is 2. The second-order valence-corrected chi connectivity index (χ2v) is 8.43. The number of benzene rings is 3. The number of thioether (sulfide) groups is 1. The summed E-state index contributed by atoms with van der Waals surface area (Å²) in [7, 11) is 0. The SMILES string of the molecule is Cc1cccc(NC(=O)CSC2=Nc3ccccc3N=C(c3cccc(Cl)c3)C2)c1. The van der Waals surface area contributed by atoms with E-state index < -0.39 is 0 Å². The first-order valence-corrected chi connectivity index (χ1v) is 10.9. The van der Waals surface area contributed by atoms with E-state index >= 15 is 0 Å². The molecule has 0 aromatic heterocycles. The second-order valence-electron chi connectivity index (χ2n) is 6.95. The Kier molecular flexibility index (Phi) is 6.31. The highest BCUT2D eigenvalue weighted by atomic mass is 35.5. The normalized spacial score (nSPS) is 13.0. The molecule has 0 fully saturated rings. The van der Waals surface area contributed by atoms with Crippen molar-refractivity contribution in [3.8, 4) is 0 Å². The van der Waals surface area contributed by atoms with Gasteiger partial charge in [-0.25, -0.2) is 4.99 Å².